The van der Waals surface area contributed by atoms with E-state index in [9.17, 15) is 18.4 Å². The van der Waals surface area contributed by atoms with E-state index in [-0.39, 0.29) is 5.56 Å². The van der Waals surface area contributed by atoms with Crippen molar-refractivity contribution in [3.05, 3.63) is 35.4 Å². The first-order valence-corrected chi connectivity index (χ1v) is 4.74. The van der Waals surface area contributed by atoms with E-state index in [2.05, 4.69) is 0 Å². The van der Waals surface area contributed by atoms with Gasteiger partial charge in [0, 0.05) is 12.5 Å². The van der Waals surface area contributed by atoms with Crippen LogP contribution in [0.3, 0.4) is 0 Å². The topological polar surface area (TPSA) is 80.4 Å². The van der Waals surface area contributed by atoms with Crippen molar-refractivity contribution in [2.24, 2.45) is 11.1 Å². The number of aliphatic carboxylic acids is 1. The maximum atomic E-state index is 13.3. The molecule has 0 aliphatic carbocycles. The molecule has 0 radical (unpaired) electrons. The molecule has 0 saturated carbocycles. The number of amides is 1. The summed E-state index contributed by atoms with van der Waals surface area (Å²) in [6.45, 7) is 1.10. The van der Waals surface area contributed by atoms with Crippen LogP contribution in [0.4, 0.5) is 8.78 Å². The highest BCUT2D eigenvalue weighted by molar-refractivity contribution is 6.00. The largest absolute Gasteiger partial charge is 0.480 e. The van der Waals surface area contributed by atoms with E-state index in [1.807, 2.05) is 0 Å². The molecule has 0 aliphatic heterocycles. The molecule has 1 aromatic carbocycles. The number of carbonyl (C=O) groups is 2. The van der Waals surface area contributed by atoms with Gasteiger partial charge in [-0.2, -0.15) is 0 Å². The highest BCUT2D eigenvalue weighted by Crippen LogP contribution is 2.24. The average Bonchev–Trinajstić information content (AvgIpc) is 2.21. The standard InChI is InChI=1S/C11H11F2NO3/c1-11(9(14)15,10(16)17)5-6-2-3-7(12)4-8(6)13/h2-4H,5H2,1H3,(H2,14,15)(H,16,17). The van der Waals surface area contributed by atoms with E-state index in [4.69, 9.17) is 10.8 Å². The molecule has 1 amide bonds. The molecule has 1 rings (SSSR count). The van der Waals surface area contributed by atoms with Gasteiger partial charge >= 0.3 is 5.97 Å². The lowest BCUT2D eigenvalue weighted by molar-refractivity contribution is -0.153. The molecule has 3 N–H and O–H groups in total. The van der Waals surface area contributed by atoms with Crippen LogP contribution in [-0.4, -0.2) is 17.0 Å². The maximum absolute atomic E-state index is 13.3. The van der Waals surface area contributed by atoms with Gasteiger partial charge in [0.15, 0.2) is 0 Å². The molecule has 0 fully saturated rings. The Morgan fingerprint density at radius 3 is 2.41 bits per heavy atom. The molecule has 4 nitrogen and oxygen atoms in total. The second-order valence-corrected chi connectivity index (χ2v) is 3.91. The van der Waals surface area contributed by atoms with Gasteiger partial charge in [-0.3, -0.25) is 9.59 Å². The third-order valence-electron chi connectivity index (χ3n) is 2.57. The fourth-order valence-corrected chi connectivity index (χ4v) is 1.31. The van der Waals surface area contributed by atoms with E-state index in [1.54, 1.807) is 0 Å². The highest BCUT2D eigenvalue weighted by atomic mass is 19.1. The van der Waals surface area contributed by atoms with Crippen molar-refractivity contribution in [2.45, 2.75) is 13.3 Å². The van der Waals surface area contributed by atoms with Gasteiger partial charge in [0.1, 0.15) is 17.0 Å². The van der Waals surface area contributed by atoms with Crippen LogP contribution < -0.4 is 5.73 Å². The SMILES string of the molecule is CC(Cc1ccc(F)cc1F)(C(N)=O)C(=O)O. The van der Waals surface area contributed by atoms with Gasteiger partial charge in [0.05, 0.1) is 0 Å². The first kappa shape index (κ1) is 13.1. The molecule has 0 aliphatic rings. The minimum absolute atomic E-state index is 0.0740. The molecule has 0 saturated heterocycles. The van der Waals surface area contributed by atoms with E-state index < -0.39 is 35.3 Å². The number of rotatable bonds is 4. The second-order valence-electron chi connectivity index (χ2n) is 3.91. The monoisotopic (exact) mass is 243 g/mol. The van der Waals surface area contributed by atoms with Gasteiger partial charge in [-0.05, 0) is 18.6 Å². The number of halogens is 2. The van der Waals surface area contributed by atoms with Crippen LogP contribution in [0, 0.1) is 17.0 Å². The van der Waals surface area contributed by atoms with Crippen molar-refractivity contribution < 1.29 is 23.5 Å². The molecule has 92 valence electrons. The Hall–Kier alpha value is -1.98. The Labute approximate surface area is 96.0 Å². The van der Waals surface area contributed by atoms with Crippen LogP contribution in [0.2, 0.25) is 0 Å². The molecule has 1 unspecified atom stereocenters. The first-order chi connectivity index (χ1) is 7.77. The number of nitrogens with two attached hydrogens (primary N) is 1. The summed E-state index contributed by atoms with van der Waals surface area (Å²) in [6, 6.07) is 2.70. The molecule has 17 heavy (non-hydrogen) atoms. The number of benzene rings is 1. The Morgan fingerprint density at radius 2 is 2.00 bits per heavy atom. The summed E-state index contributed by atoms with van der Waals surface area (Å²) in [5, 5.41) is 8.91. The third kappa shape index (κ3) is 2.58. The summed E-state index contributed by atoms with van der Waals surface area (Å²) in [5.74, 6) is -4.21. The highest BCUT2D eigenvalue weighted by Gasteiger charge is 2.40. The second kappa shape index (κ2) is 4.48. The average molecular weight is 243 g/mol. The zero-order chi connectivity index (χ0) is 13.2. The molecule has 0 aromatic heterocycles. The zero-order valence-electron chi connectivity index (χ0n) is 9.04. The Balaban J connectivity index is 3.11. The number of carboxylic acids is 1. The minimum atomic E-state index is -1.92. The Kier molecular flexibility index (Phi) is 3.45. The predicted molar refractivity (Wildman–Crippen MR) is 55.0 cm³/mol. The van der Waals surface area contributed by atoms with Crippen LogP contribution in [0.5, 0.6) is 0 Å². The van der Waals surface area contributed by atoms with Crippen molar-refractivity contribution in [1.29, 1.82) is 0 Å². The van der Waals surface area contributed by atoms with E-state index >= 15 is 0 Å². The van der Waals surface area contributed by atoms with Gasteiger partial charge in [-0.15, -0.1) is 0 Å². The number of carbonyl (C=O) groups excluding carboxylic acids is 1. The normalized spacial score (nSPS) is 14.1. The quantitative estimate of drug-likeness (QED) is 0.776. The first-order valence-electron chi connectivity index (χ1n) is 4.74. The lowest BCUT2D eigenvalue weighted by Crippen LogP contribution is -2.43. The molecule has 1 atom stereocenters. The number of primary amides is 1. The Morgan fingerprint density at radius 1 is 1.41 bits per heavy atom. The fraction of sp³-hybridized carbons (Fsp3) is 0.273. The molecular weight excluding hydrogens is 232 g/mol. The summed E-state index contributed by atoms with van der Waals surface area (Å²) in [7, 11) is 0. The molecular formula is C11H11F2NO3. The number of hydrogen-bond donors (Lipinski definition) is 2. The number of carboxylic acid groups (broad SMARTS) is 1. The van der Waals surface area contributed by atoms with Crippen molar-refractivity contribution in [2.75, 3.05) is 0 Å². The summed E-state index contributed by atoms with van der Waals surface area (Å²) >= 11 is 0. The van der Waals surface area contributed by atoms with Gasteiger partial charge in [-0.25, -0.2) is 8.78 Å². The lowest BCUT2D eigenvalue weighted by atomic mass is 9.83. The molecule has 0 bridgehead atoms. The van der Waals surface area contributed by atoms with Crippen molar-refractivity contribution in [3.8, 4) is 0 Å². The zero-order valence-corrected chi connectivity index (χ0v) is 9.04. The van der Waals surface area contributed by atoms with Crippen LogP contribution >= 0.6 is 0 Å². The summed E-state index contributed by atoms with van der Waals surface area (Å²) in [4.78, 5) is 22.0. The van der Waals surface area contributed by atoms with Crippen LogP contribution in [0.25, 0.3) is 0 Å². The summed E-state index contributed by atoms with van der Waals surface area (Å²) in [6.07, 6.45) is -0.427. The predicted octanol–water partition coefficient (Wildman–Crippen LogP) is 1.08. The minimum Gasteiger partial charge on any atom is -0.480 e. The van der Waals surface area contributed by atoms with Gasteiger partial charge in [0.25, 0.3) is 0 Å². The van der Waals surface area contributed by atoms with Crippen LogP contribution in [0.15, 0.2) is 18.2 Å². The van der Waals surface area contributed by atoms with E-state index in [0.29, 0.717) is 6.07 Å². The van der Waals surface area contributed by atoms with Crippen LogP contribution in [-0.2, 0) is 16.0 Å². The summed E-state index contributed by atoms with van der Waals surface area (Å²) in [5.41, 5.74) is 2.99. The summed E-state index contributed by atoms with van der Waals surface area (Å²) < 4.78 is 26.0. The molecule has 0 heterocycles. The fourth-order valence-electron chi connectivity index (χ4n) is 1.31. The van der Waals surface area contributed by atoms with E-state index in [0.717, 1.165) is 19.1 Å². The Bertz CT molecular complexity index is 460. The molecule has 6 heteroatoms. The number of hydrogen-bond acceptors (Lipinski definition) is 2. The smallest absolute Gasteiger partial charge is 0.319 e. The van der Waals surface area contributed by atoms with Crippen molar-refractivity contribution >= 4 is 11.9 Å². The molecule has 1 aromatic rings. The van der Waals surface area contributed by atoms with Crippen molar-refractivity contribution in [3.63, 3.8) is 0 Å². The van der Waals surface area contributed by atoms with Gasteiger partial charge in [0.2, 0.25) is 5.91 Å². The van der Waals surface area contributed by atoms with E-state index in [1.165, 1.54) is 0 Å². The molecule has 0 spiro atoms. The van der Waals surface area contributed by atoms with Gasteiger partial charge in [-0.1, -0.05) is 6.07 Å². The lowest BCUT2D eigenvalue weighted by Gasteiger charge is -2.20. The van der Waals surface area contributed by atoms with Crippen molar-refractivity contribution in [1.82, 2.24) is 0 Å². The maximum Gasteiger partial charge on any atom is 0.319 e. The third-order valence-corrected chi connectivity index (χ3v) is 2.57. The van der Waals surface area contributed by atoms with Gasteiger partial charge < -0.3 is 10.8 Å². The van der Waals surface area contributed by atoms with Crippen LogP contribution in [0.1, 0.15) is 12.5 Å².